The predicted molar refractivity (Wildman–Crippen MR) is 255 cm³/mol. The van der Waals surface area contributed by atoms with Crippen molar-refractivity contribution in [3.05, 3.63) is 224 Å². The average molecular weight is 780 g/mol. The van der Waals surface area contributed by atoms with Gasteiger partial charge in [0.15, 0.2) is 0 Å². The third-order valence-corrected chi connectivity index (χ3v) is 12.1. The van der Waals surface area contributed by atoms with Crippen molar-refractivity contribution in [2.75, 3.05) is 4.90 Å². The quantitative estimate of drug-likeness (QED) is 0.161. The Bertz CT molecular complexity index is 3560. The van der Waals surface area contributed by atoms with Crippen molar-refractivity contribution >= 4 is 71.7 Å². The molecule has 0 aliphatic carbocycles. The van der Waals surface area contributed by atoms with E-state index in [0.29, 0.717) is 0 Å². The molecule has 0 aliphatic heterocycles. The fourth-order valence-corrected chi connectivity index (χ4v) is 9.17. The van der Waals surface area contributed by atoms with E-state index in [1.54, 1.807) is 0 Å². The fraction of sp³-hybridized carbons (Fsp3) is 0. The van der Waals surface area contributed by atoms with Crippen LogP contribution in [0.4, 0.5) is 17.1 Å². The lowest BCUT2D eigenvalue weighted by atomic mass is 9.97. The van der Waals surface area contributed by atoms with E-state index in [2.05, 4.69) is 229 Å². The van der Waals surface area contributed by atoms with E-state index in [9.17, 15) is 0 Å². The maximum absolute atomic E-state index is 6.64. The Balaban J connectivity index is 1.05. The van der Waals surface area contributed by atoms with E-state index >= 15 is 0 Å². The van der Waals surface area contributed by atoms with E-state index in [1.807, 2.05) is 0 Å². The van der Waals surface area contributed by atoms with Crippen LogP contribution in [0.5, 0.6) is 0 Å². The van der Waals surface area contributed by atoms with Crippen molar-refractivity contribution in [3.63, 3.8) is 0 Å². The SMILES string of the molecule is c1ccc(-c2ccc(-c3ccc4oc5cccc(N(c6ccc(-c7cccc8ccccc78)cc6)c6ccc7oc8cccc(-c9ccccc9)c8c7c6)c5c4c3)cc2)cc1. The van der Waals surface area contributed by atoms with Crippen LogP contribution in [-0.4, -0.2) is 0 Å². The van der Waals surface area contributed by atoms with Crippen LogP contribution in [0.3, 0.4) is 0 Å². The van der Waals surface area contributed by atoms with Gasteiger partial charge in [0.25, 0.3) is 0 Å². The van der Waals surface area contributed by atoms with Gasteiger partial charge < -0.3 is 13.7 Å². The highest BCUT2D eigenvalue weighted by molar-refractivity contribution is 6.16. The zero-order chi connectivity index (χ0) is 40.3. The number of rotatable bonds is 7. The fourth-order valence-electron chi connectivity index (χ4n) is 9.17. The molecule has 0 N–H and O–H groups in total. The Morgan fingerprint density at radius 1 is 0.279 bits per heavy atom. The van der Waals surface area contributed by atoms with Gasteiger partial charge in [-0.1, -0.05) is 164 Å². The highest BCUT2D eigenvalue weighted by Gasteiger charge is 2.22. The lowest BCUT2D eigenvalue weighted by Crippen LogP contribution is -2.10. The standard InChI is InChI=1S/C58H37NO2/c1-3-12-38(13-4-1)39-24-26-40(27-25-39)44-30-34-53-50(36-44)58-52(21-11-23-56(58)61-53)59(45-31-28-43(29-32-45)48-19-9-17-41-16-7-8-18-47(41)48)46-33-35-54-51(37-46)57-49(20-10-22-55(57)60-54)42-14-5-2-6-15-42/h1-37H. The minimum Gasteiger partial charge on any atom is -0.456 e. The van der Waals surface area contributed by atoms with Crippen molar-refractivity contribution in [1.29, 1.82) is 0 Å². The number of fused-ring (bicyclic) bond motifs is 7. The van der Waals surface area contributed by atoms with Crippen LogP contribution in [-0.2, 0) is 0 Å². The zero-order valence-electron chi connectivity index (χ0n) is 33.1. The molecule has 3 nitrogen and oxygen atoms in total. The number of benzene rings is 10. The number of hydrogen-bond acceptors (Lipinski definition) is 3. The molecule has 2 aromatic heterocycles. The Morgan fingerprint density at radius 3 is 1.56 bits per heavy atom. The van der Waals surface area contributed by atoms with Crippen LogP contribution < -0.4 is 4.90 Å². The van der Waals surface area contributed by atoms with Crippen LogP contribution in [0, 0.1) is 0 Å². The largest absolute Gasteiger partial charge is 0.456 e. The van der Waals surface area contributed by atoms with Crippen molar-refractivity contribution in [2.45, 2.75) is 0 Å². The molecule has 0 aliphatic rings. The molecule has 0 saturated carbocycles. The van der Waals surface area contributed by atoms with E-state index < -0.39 is 0 Å². The first-order valence-corrected chi connectivity index (χ1v) is 20.7. The second kappa shape index (κ2) is 14.3. The van der Waals surface area contributed by atoms with Crippen molar-refractivity contribution in [2.24, 2.45) is 0 Å². The summed E-state index contributed by atoms with van der Waals surface area (Å²) >= 11 is 0. The van der Waals surface area contributed by atoms with Crippen molar-refractivity contribution in [3.8, 4) is 44.5 Å². The van der Waals surface area contributed by atoms with Crippen LogP contribution in [0.25, 0.3) is 99.2 Å². The molecule has 0 unspecified atom stereocenters. The topological polar surface area (TPSA) is 29.5 Å². The highest BCUT2D eigenvalue weighted by atomic mass is 16.3. The molecule has 0 bridgehead atoms. The number of hydrogen-bond donors (Lipinski definition) is 0. The monoisotopic (exact) mass is 779 g/mol. The van der Waals surface area contributed by atoms with Crippen LogP contribution in [0.2, 0.25) is 0 Å². The molecule has 12 aromatic rings. The van der Waals surface area contributed by atoms with Crippen LogP contribution in [0.1, 0.15) is 0 Å². The minimum atomic E-state index is 0.836. The van der Waals surface area contributed by atoms with Gasteiger partial charge in [-0.3, -0.25) is 0 Å². The molecule has 2 heterocycles. The Morgan fingerprint density at radius 2 is 0.787 bits per heavy atom. The molecular weight excluding hydrogens is 743 g/mol. The Hall–Kier alpha value is -8.14. The summed E-state index contributed by atoms with van der Waals surface area (Å²) in [6.45, 7) is 0. The summed E-state index contributed by atoms with van der Waals surface area (Å²) in [5.74, 6) is 0. The number of furan rings is 2. The first-order chi connectivity index (χ1) is 30.2. The molecule has 0 amide bonds. The van der Waals surface area contributed by atoms with Gasteiger partial charge in [-0.05, 0) is 116 Å². The van der Waals surface area contributed by atoms with Gasteiger partial charge in [-0.25, -0.2) is 0 Å². The molecule has 0 saturated heterocycles. The first kappa shape index (κ1) is 34.9. The average Bonchev–Trinajstić information content (AvgIpc) is 3.91. The summed E-state index contributed by atoms with van der Waals surface area (Å²) < 4.78 is 13.2. The third-order valence-electron chi connectivity index (χ3n) is 12.1. The van der Waals surface area contributed by atoms with Gasteiger partial charge in [0.05, 0.1) is 11.1 Å². The predicted octanol–water partition coefficient (Wildman–Crippen LogP) is 16.8. The molecule has 0 radical (unpaired) electrons. The Kier molecular flexibility index (Phi) is 8.17. The van der Waals surface area contributed by atoms with Crippen molar-refractivity contribution < 1.29 is 8.83 Å². The molecule has 286 valence electrons. The Labute approximate surface area is 353 Å². The minimum absolute atomic E-state index is 0.836. The van der Waals surface area contributed by atoms with Gasteiger partial charge in [0.2, 0.25) is 0 Å². The molecule has 10 aromatic carbocycles. The van der Waals surface area contributed by atoms with E-state index in [0.717, 1.165) is 83.2 Å². The van der Waals surface area contributed by atoms with E-state index in [4.69, 9.17) is 8.83 Å². The lowest BCUT2D eigenvalue weighted by Gasteiger charge is -2.26. The highest BCUT2D eigenvalue weighted by Crippen LogP contribution is 2.46. The summed E-state index contributed by atoms with van der Waals surface area (Å²) in [6, 6.07) is 79.9. The maximum atomic E-state index is 6.64. The molecular formula is C58H37NO2. The van der Waals surface area contributed by atoms with Gasteiger partial charge in [-0.15, -0.1) is 0 Å². The molecule has 61 heavy (non-hydrogen) atoms. The molecule has 0 atom stereocenters. The summed E-state index contributed by atoms with van der Waals surface area (Å²) in [6.07, 6.45) is 0. The second-order valence-corrected chi connectivity index (χ2v) is 15.6. The van der Waals surface area contributed by atoms with E-state index in [-0.39, 0.29) is 0 Å². The summed E-state index contributed by atoms with van der Waals surface area (Å²) in [7, 11) is 0. The summed E-state index contributed by atoms with van der Waals surface area (Å²) in [5, 5.41) is 6.75. The van der Waals surface area contributed by atoms with Gasteiger partial charge in [0.1, 0.15) is 22.3 Å². The number of anilines is 3. The lowest BCUT2D eigenvalue weighted by molar-refractivity contribution is 0.668. The summed E-state index contributed by atoms with van der Waals surface area (Å²) in [5.41, 5.74) is 15.9. The summed E-state index contributed by atoms with van der Waals surface area (Å²) in [4.78, 5) is 2.37. The second-order valence-electron chi connectivity index (χ2n) is 15.6. The molecule has 0 fully saturated rings. The normalized spacial score (nSPS) is 11.6. The van der Waals surface area contributed by atoms with E-state index in [1.165, 1.54) is 33.0 Å². The third kappa shape index (κ3) is 5.98. The van der Waals surface area contributed by atoms with Crippen LogP contribution >= 0.6 is 0 Å². The van der Waals surface area contributed by atoms with Gasteiger partial charge in [0, 0.05) is 27.5 Å². The van der Waals surface area contributed by atoms with Gasteiger partial charge in [-0.2, -0.15) is 0 Å². The molecule has 3 heteroatoms. The maximum Gasteiger partial charge on any atom is 0.137 e. The molecule has 0 spiro atoms. The van der Waals surface area contributed by atoms with Gasteiger partial charge >= 0.3 is 0 Å². The smallest absolute Gasteiger partial charge is 0.137 e. The van der Waals surface area contributed by atoms with Crippen molar-refractivity contribution in [1.82, 2.24) is 0 Å². The number of nitrogens with zero attached hydrogens (tertiary/aromatic N) is 1. The zero-order valence-corrected chi connectivity index (χ0v) is 33.1. The first-order valence-electron chi connectivity index (χ1n) is 20.7. The van der Waals surface area contributed by atoms with Crippen LogP contribution in [0.15, 0.2) is 233 Å². The molecule has 12 rings (SSSR count).